The minimum atomic E-state index is -3.78. The van der Waals surface area contributed by atoms with Gasteiger partial charge in [-0.15, -0.1) is 0 Å². The number of nitrogens with one attached hydrogen (secondary N) is 1. The van der Waals surface area contributed by atoms with Crippen LogP contribution in [-0.2, 0) is 10.0 Å². The summed E-state index contributed by atoms with van der Waals surface area (Å²) < 4.78 is 31.3. The van der Waals surface area contributed by atoms with E-state index in [1.165, 1.54) is 12.1 Å². The van der Waals surface area contributed by atoms with Crippen molar-refractivity contribution in [2.24, 2.45) is 5.73 Å². The zero-order valence-electron chi connectivity index (χ0n) is 11.5. The fourth-order valence-electron chi connectivity index (χ4n) is 1.60. The van der Waals surface area contributed by atoms with Gasteiger partial charge in [0, 0.05) is 5.56 Å². The standard InChI is InChI=1S/C13H14N4O3S/c1-9-8-12(6-5-11(9)4-3-7-14)21(18,19)17-13-15-10(2)16-20-13/h5-6,8H,7,14H2,1-2H3,(H,15,16,17). The van der Waals surface area contributed by atoms with Crippen LogP contribution in [0.15, 0.2) is 27.6 Å². The van der Waals surface area contributed by atoms with Crippen molar-refractivity contribution in [1.29, 1.82) is 0 Å². The average molecular weight is 306 g/mol. The summed E-state index contributed by atoms with van der Waals surface area (Å²) in [4.78, 5) is 3.89. The Balaban J connectivity index is 2.30. The van der Waals surface area contributed by atoms with Crippen LogP contribution in [0.2, 0.25) is 0 Å². The van der Waals surface area contributed by atoms with Crippen molar-refractivity contribution in [3.05, 3.63) is 35.2 Å². The Kier molecular flexibility index (Phi) is 4.26. The van der Waals surface area contributed by atoms with Crippen LogP contribution in [0.4, 0.5) is 6.01 Å². The summed E-state index contributed by atoms with van der Waals surface area (Å²) in [5.74, 6) is 5.94. The Morgan fingerprint density at radius 1 is 1.38 bits per heavy atom. The number of nitrogens with two attached hydrogens (primary N) is 1. The van der Waals surface area contributed by atoms with Gasteiger partial charge in [-0.3, -0.25) is 0 Å². The van der Waals surface area contributed by atoms with Gasteiger partial charge in [-0.2, -0.15) is 4.98 Å². The van der Waals surface area contributed by atoms with E-state index in [2.05, 4.69) is 26.7 Å². The van der Waals surface area contributed by atoms with Gasteiger partial charge in [0.1, 0.15) is 0 Å². The van der Waals surface area contributed by atoms with Crippen molar-refractivity contribution >= 4 is 16.0 Å². The van der Waals surface area contributed by atoms with Crippen molar-refractivity contribution in [3.8, 4) is 11.8 Å². The highest BCUT2D eigenvalue weighted by Gasteiger charge is 2.18. The van der Waals surface area contributed by atoms with E-state index in [1.54, 1.807) is 19.9 Å². The summed E-state index contributed by atoms with van der Waals surface area (Å²) in [5, 5.41) is 3.52. The molecule has 8 heteroatoms. The predicted octanol–water partition coefficient (Wildman–Crippen LogP) is 0.797. The molecular formula is C13H14N4O3S. The second-order valence-corrected chi connectivity index (χ2v) is 5.92. The molecule has 3 N–H and O–H groups in total. The maximum absolute atomic E-state index is 12.2. The maximum atomic E-state index is 12.2. The van der Waals surface area contributed by atoms with Gasteiger partial charge < -0.3 is 10.3 Å². The molecule has 0 saturated carbocycles. The van der Waals surface area contributed by atoms with E-state index < -0.39 is 10.0 Å². The lowest BCUT2D eigenvalue weighted by atomic mass is 10.1. The minimum Gasteiger partial charge on any atom is -0.320 e. The summed E-state index contributed by atoms with van der Waals surface area (Å²) in [7, 11) is -3.78. The Hall–Kier alpha value is -2.37. The van der Waals surface area contributed by atoms with Crippen molar-refractivity contribution in [2.45, 2.75) is 18.7 Å². The third-order valence-corrected chi connectivity index (χ3v) is 3.90. The number of aryl methyl sites for hydroxylation is 2. The molecule has 0 atom stereocenters. The van der Waals surface area contributed by atoms with E-state index >= 15 is 0 Å². The number of benzene rings is 1. The van der Waals surface area contributed by atoms with Crippen LogP contribution in [0, 0.1) is 25.7 Å². The highest BCUT2D eigenvalue weighted by Crippen LogP contribution is 2.17. The normalized spacial score (nSPS) is 10.8. The van der Waals surface area contributed by atoms with Crippen molar-refractivity contribution in [1.82, 2.24) is 10.1 Å². The molecule has 0 radical (unpaired) electrons. The van der Waals surface area contributed by atoms with E-state index in [1.807, 2.05) is 0 Å². The van der Waals surface area contributed by atoms with Crippen molar-refractivity contribution in [2.75, 3.05) is 11.3 Å². The Bertz CT molecular complexity index is 815. The predicted molar refractivity (Wildman–Crippen MR) is 77.0 cm³/mol. The molecule has 0 fully saturated rings. The molecule has 0 saturated heterocycles. The summed E-state index contributed by atoms with van der Waals surface area (Å²) in [6.07, 6.45) is 0. The van der Waals surface area contributed by atoms with Gasteiger partial charge in [-0.25, -0.2) is 13.1 Å². The lowest BCUT2D eigenvalue weighted by Crippen LogP contribution is -2.13. The number of aromatic nitrogens is 2. The molecule has 0 aliphatic heterocycles. The molecule has 21 heavy (non-hydrogen) atoms. The molecule has 1 heterocycles. The fraction of sp³-hybridized carbons (Fsp3) is 0.231. The number of nitrogens with zero attached hydrogens (tertiary/aromatic N) is 2. The highest BCUT2D eigenvalue weighted by molar-refractivity contribution is 7.92. The van der Waals surface area contributed by atoms with Gasteiger partial charge >= 0.3 is 6.01 Å². The molecule has 110 valence electrons. The SMILES string of the molecule is Cc1noc(NS(=O)(=O)c2ccc(C#CCN)c(C)c2)n1. The van der Waals surface area contributed by atoms with Gasteiger partial charge in [0.25, 0.3) is 10.0 Å². The molecule has 2 aromatic rings. The van der Waals surface area contributed by atoms with Gasteiger partial charge in [0.15, 0.2) is 5.82 Å². The number of hydrogen-bond donors (Lipinski definition) is 2. The topological polar surface area (TPSA) is 111 Å². The molecule has 2 rings (SSSR count). The van der Waals surface area contributed by atoms with Crippen molar-refractivity contribution < 1.29 is 12.9 Å². The van der Waals surface area contributed by atoms with Crippen LogP contribution >= 0.6 is 0 Å². The van der Waals surface area contributed by atoms with Crippen LogP contribution in [0.25, 0.3) is 0 Å². The van der Waals surface area contributed by atoms with Crippen molar-refractivity contribution in [3.63, 3.8) is 0 Å². The lowest BCUT2D eigenvalue weighted by Gasteiger charge is -2.06. The van der Waals surface area contributed by atoms with Gasteiger partial charge in [0.2, 0.25) is 0 Å². The first-order chi connectivity index (χ1) is 9.92. The smallest absolute Gasteiger partial charge is 0.320 e. The van der Waals surface area contributed by atoms with Gasteiger partial charge in [-0.05, 0) is 37.6 Å². The van der Waals surface area contributed by atoms with Crippen LogP contribution in [-0.4, -0.2) is 25.1 Å². The van der Waals surface area contributed by atoms with E-state index in [9.17, 15) is 8.42 Å². The quantitative estimate of drug-likeness (QED) is 0.811. The first-order valence-corrected chi connectivity index (χ1v) is 7.53. The molecule has 0 bridgehead atoms. The summed E-state index contributed by atoms with van der Waals surface area (Å²) >= 11 is 0. The molecule has 0 unspecified atom stereocenters. The number of hydrogen-bond acceptors (Lipinski definition) is 6. The zero-order valence-corrected chi connectivity index (χ0v) is 12.4. The Morgan fingerprint density at radius 2 is 2.14 bits per heavy atom. The van der Waals surface area contributed by atoms with Crippen LogP contribution in [0.1, 0.15) is 17.0 Å². The molecule has 7 nitrogen and oxygen atoms in total. The Morgan fingerprint density at radius 3 is 2.71 bits per heavy atom. The van der Waals surface area contributed by atoms with Gasteiger partial charge in [-0.1, -0.05) is 17.0 Å². The summed E-state index contributed by atoms with van der Waals surface area (Å²) in [6, 6.07) is 4.44. The first kappa shape index (κ1) is 15.0. The second kappa shape index (κ2) is 5.95. The third kappa shape index (κ3) is 3.59. The molecule has 0 spiro atoms. The number of rotatable bonds is 3. The average Bonchev–Trinajstić information content (AvgIpc) is 2.82. The fourth-order valence-corrected chi connectivity index (χ4v) is 2.61. The minimum absolute atomic E-state index is 0.0918. The molecule has 0 aliphatic rings. The van der Waals surface area contributed by atoms with E-state index in [0.29, 0.717) is 5.82 Å². The van der Waals surface area contributed by atoms with Crippen LogP contribution in [0.3, 0.4) is 0 Å². The molecule has 1 aromatic carbocycles. The van der Waals surface area contributed by atoms with E-state index in [-0.39, 0.29) is 17.5 Å². The lowest BCUT2D eigenvalue weighted by molar-refractivity contribution is 0.429. The largest absolute Gasteiger partial charge is 0.335 e. The second-order valence-electron chi connectivity index (χ2n) is 4.23. The van der Waals surface area contributed by atoms with Crippen LogP contribution < -0.4 is 10.5 Å². The van der Waals surface area contributed by atoms with Gasteiger partial charge in [0.05, 0.1) is 11.4 Å². The van der Waals surface area contributed by atoms with Crippen LogP contribution in [0.5, 0.6) is 0 Å². The molecular weight excluding hydrogens is 292 g/mol. The highest BCUT2D eigenvalue weighted by atomic mass is 32.2. The zero-order chi connectivity index (χ0) is 15.5. The molecule has 0 amide bonds. The molecule has 0 aliphatic carbocycles. The number of anilines is 1. The summed E-state index contributed by atoms with van der Waals surface area (Å²) in [6.45, 7) is 3.62. The summed E-state index contributed by atoms with van der Waals surface area (Å²) in [5.41, 5.74) is 6.78. The maximum Gasteiger partial charge on any atom is 0.335 e. The monoisotopic (exact) mass is 306 g/mol. The number of sulfonamides is 1. The van der Waals surface area contributed by atoms with E-state index in [0.717, 1.165) is 11.1 Å². The first-order valence-electron chi connectivity index (χ1n) is 6.05. The third-order valence-electron chi connectivity index (χ3n) is 2.58. The van der Waals surface area contributed by atoms with E-state index in [4.69, 9.17) is 10.3 Å². The molecule has 1 aromatic heterocycles. The Labute approximate surface area is 122 Å².